The number of aryl methyl sites for hydroxylation is 1. The number of H-pyrrole nitrogens is 1. The molecule has 0 aromatic carbocycles. The predicted octanol–water partition coefficient (Wildman–Crippen LogP) is 3.78. The topological polar surface area (TPSA) is 76.2 Å². The molecular weight excluding hydrogens is 330 g/mol. The number of carbonyl (C=O) groups excluding carboxylic acids is 3. The summed E-state index contributed by atoms with van der Waals surface area (Å²) < 4.78 is 5.38. The summed E-state index contributed by atoms with van der Waals surface area (Å²) >= 11 is 0. The lowest BCUT2D eigenvalue weighted by molar-refractivity contribution is -0.147. The van der Waals surface area contributed by atoms with Gasteiger partial charge in [-0.05, 0) is 82.6 Å². The average Bonchev–Trinajstić information content (AvgIpc) is 2.85. The van der Waals surface area contributed by atoms with E-state index in [1.165, 1.54) is 26.2 Å². The van der Waals surface area contributed by atoms with E-state index in [0.29, 0.717) is 34.6 Å². The van der Waals surface area contributed by atoms with Crippen molar-refractivity contribution in [2.45, 2.75) is 59.3 Å². The van der Waals surface area contributed by atoms with Gasteiger partial charge in [-0.1, -0.05) is 0 Å². The zero-order valence-corrected chi connectivity index (χ0v) is 15.8. The number of Topliss-reactive ketones (excluding diaryl/α,β-unsaturated/α-hetero) is 2. The van der Waals surface area contributed by atoms with Gasteiger partial charge in [0.1, 0.15) is 5.69 Å². The molecule has 5 rings (SSSR count). The third-order valence-electron chi connectivity index (χ3n) is 6.96. The van der Waals surface area contributed by atoms with Crippen molar-refractivity contribution in [2.75, 3.05) is 6.61 Å². The minimum Gasteiger partial charge on any atom is -0.453 e. The Morgan fingerprint density at radius 2 is 1.58 bits per heavy atom. The van der Waals surface area contributed by atoms with Crippen molar-refractivity contribution < 1.29 is 19.1 Å². The zero-order valence-electron chi connectivity index (χ0n) is 15.8. The molecule has 0 atom stereocenters. The number of aromatic nitrogens is 1. The zero-order chi connectivity index (χ0) is 18.6. The van der Waals surface area contributed by atoms with Crippen LogP contribution < -0.4 is 0 Å². The summed E-state index contributed by atoms with van der Waals surface area (Å²) in [6.07, 6.45) is 6.77. The predicted molar refractivity (Wildman–Crippen MR) is 96.2 cm³/mol. The number of hydrogen-bond donors (Lipinski definition) is 1. The summed E-state index contributed by atoms with van der Waals surface area (Å²) in [5, 5.41) is 0. The first-order chi connectivity index (χ1) is 12.3. The lowest BCUT2D eigenvalue weighted by Crippen LogP contribution is -2.51. The Balaban J connectivity index is 1.45. The maximum absolute atomic E-state index is 13.0. The molecule has 5 nitrogen and oxygen atoms in total. The minimum atomic E-state index is -0.545. The van der Waals surface area contributed by atoms with Crippen LogP contribution in [0.3, 0.4) is 0 Å². The summed E-state index contributed by atoms with van der Waals surface area (Å²) in [5.74, 6) is 1.53. The van der Waals surface area contributed by atoms with Crippen LogP contribution in [0.1, 0.15) is 77.6 Å². The number of ketones is 2. The summed E-state index contributed by atoms with van der Waals surface area (Å²) in [6, 6.07) is 0. The van der Waals surface area contributed by atoms with Gasteiger partial charge in [-0.25, -0.2) is 4.79 Å². The molecule has 4 aliphatic rings. The maximum Gasteiger partial charge on any atom is 0.355 e. The molecule has 5 heteroatoms. The van der Waals surface area contributed by atoms with Crippen LogP contribution in [0, 0.1) is 37.0 Å². The van der Waals surface area contributed by atoms with Crippen LogP contribution in [0.2, 0.25) is 0 Å². The van der Waals surface area contributed by atoms with E-state index in [9.17, 15) is 14.4 Å². The number of aromatic amines is 1. The first-order valence-corrected chi connectivity index (χ1v) is 9.69. The molecule has 1 aromatic rings. The summed E-state index contributed by atoms with van der Waals surface area (Å²) in [6.45, 7) is 4.82. The second kappa shape index (κ2) is 6.07. The van der Waals surface area contributed by atoms with Crippen molar-refractivity contribution in [1.82, 2.24) is 4.98 Å². The van der Waals surface area contributed by atoms with E-state index in [1.54, 1.807) is 13.8 Å². The van der Waals surface area contributed by atoms with Crippen LogP contribution in [0.5, 0.6) is 0 Å². The number of nitrogens with one attached hydrogen (secondary N) is 1. The third-order valence-corrected chi connectivity index (χ3v) is 6.96. The van der Waals surface area contributed by atoms with E-state index in [0.717, 1.165) is 19.3 Å². The smallest absolute Gasteiger partial charge is 0.355 e. The summed E-state index contributed by atoms with van der Waals surface area (Å²) in [5.41, 5.74) is 1.83. The van der Waals surface area contributed by atoms with Crippen LogP contribution in [0.25, 0.3) is 0 Å². The first kappa shape index (κ1) is 17.5. The van der Waals surface area contributed by atoms with Crippen molar-refractivity contribution >= 4 is 17.5 Å². The van der Waals surface area contributed by atoms with E-state index >= 15 is 0 Å². The molecule has 26 heavy (non-hydrogen) atoms. The molecule has 1 N–H and O–H groups in total. The molecule has 4 aliphatic carbocycles. The van der Waals surface area contributed by atoms with Crippen molar-refractivity contribution in [3.05, 3.63) is 22.5 Å². The van der Waals surface area contributed by atoms with Gasteiger partial charge in [0, 0.05) is 16.7 Å². The molecule has 1 heterocycles. The van der Waals surface area contributed by atoms with Crippen molar-refractivity contribution in [3.8, 4) is 0 Å². The third kappa shape index (κ3) is 2.72. The van der Waals surface area contributed by atoms with Crippen LogP contribution in [0.15, 0.2) is 0 Å². The highest BCUT2D eigenvalue weighted by atomic mass is 16.5. The maximum atomic E-state index is 13.0. The molecular formula is C21H27NO4. The molecule has 0 amide bonds. The molecule has 140 valence electrons. The molecule has 1 aromatic heterocycles. The Morgan fingerprint density at radius 1 is 1.04 bits per heavy atom. The van der Waals surface area contributed by atoms with Gasteiger partial charge in [0.15, 0.2) is 18.2 Å². The highest BCUT2D eigenvalue weighted by Gasteiger charge is 2.54. The fraction of sp³-hybridized carbons (Fsp3) is 0.667. The number of esters is 1. The normalized spacial score (nSPS) is 31.9. The van der Waals surface area contributed by atoms with Crippen LogP contribution in [-0.4, -0.2) is 29.1 Å². The number of rotatable bonds is 5. The fourth-order valence-corrected chi connectivity index (χ4v) is 6.29. The molecule has 0 aliphatic heterocycles. The molecule has 4 bridgehead atoms. The van der Waals surface area contributed by atoms with Gasteiger partial charge in [0.05, 0.1) is 0 Å². The van der Waals surface area contributed by atoms with E-state index < -0.39 is 5.97 Å². The number of ether oxygens (including phenoxy) is 1. The largest absolute Gasteiger partial charge is 0.453 e. The Bertz CT molecular complexity index is 753. The number of carbonyl (C=O) groups is 3. The fourth-order valence-electron chi connectivity index (χ4n) is 6.29. The van der Waals surface area contributed by atoms with Gasteiger partial charge in [0.25, 0.3) is 0 Å². The molecule has 0 radical (unpaired) electrons. The van der Waals surface area contributed by atoms with Crippen molar-refractivity contribution in [1.29, 1.82) is 0 Å². The quantitative estimate of drug-likeness (QED) is 0.643. The summed E-state index contributed by atoms with van der Waals surface area (Å²) in [7, 11) is 0. The number of hydrogen-bond acceptors (Lipinski definition) is 4. The Labute approximate surface area is 153 Å². The lowest BCUT2D eigenvalue weighted by Gasteiger charge is -2.55. The van der Waals surface area contributed by atoms with Gasteiger partial charge >= 0.3 is 5.97 Å². The molecule has 0 saturated heterocycles. The monoisotopic (exact) mass is 357 g/mol. The van der Waals surface area contributed by atoms with Gasteiger partial charge in [0.2, 0.25) is 0 Å². The van der Waals surface area contributed by atoms with Crippen molar-refractivity contribution in [2.24, 2.45) is 23.2 Å². The Hall–Kier alpha value is -1.91. The summed E-state index contributed by atoms with van der Waals surface area (Å²) in [4.78, 5) is 40.1. The van der Waals surface area contributed by atoms with Gasteiger partial charge in [-0.3, -0.25) is 9.59 Å². The average molecular weight is 357 g/mol. The van der Waals surface area contributed by atoms with Crippen LogP contribution in [-0.2, 0) is 9.53 Å². The molecule has 0 unspecified atom stereocenters. The van der Waals surface area contributed by atoms with Crippen molar-refractivity contribution in [3.63, 3.8) is 0 Å². The second-order valence-electron chi connectivity index (χ2n) is 8.88. The molecule has 4 fully saturated rings. The standard InChI is InChI=1S/C21H27NO4/c1-11-18(13(3)23)12(2)22-19(11)20(25)26-10-17(24)21-7-14-4-15(8-21)6-16(5-14)9-21/h14-16,22H,4-10H2,1-3H3. The van der Waals surface area contributed by atoms with Gasteiger partial charge in [-0.2, -0.15) is 0 Å². The second-order valence-corrected chi connectivity index (χ2v) is 8.88. The van der Waals surface area contributed by atoms with Gasteiger partial charge < -0.3 is 9.72 Å². The van der Waals surface area contributed by atoms with E-state index in [4.69, 9.17) is 4.74 Å². The SMILES string of the molecule is CC(=O)c1c(C)[nH]c(C(=O)OCC(=O)C23CC4CC(CC(C4)C2)C3)c1C. The van der Waals surface area contributed by atoms with E-state index in [-0.39, 0.29) is 29.3 Å². The van der Waals surface area contributed by atoms with E-state index in [1.807, 2.05) is 0 Å². The van der Waals surface area contributed by atoms with E-state index in [2.05, 4.69) is 4.98 Å². The van der Waals surface area contributed by atoms with Crippen LogP contribution >= 0.6 is 0 Å². The molecule has 4 saturated carbocycles. The Kier molecular flexibility index (Phi) is 4.08. The highest BCUT2D eigenvalue weighted by Crippen LogP contribution is 2.60. The molecule has 0 spiro atoms. The minimum absolute atomic E-state index is 0.0834. The first-order valence-electron chi connectivity index (χ1n) is 9.69. The Morgan fingerprint density at radius 3 is 2.04 bits per heavy atom. The van der Waals surface area contributed by atoms with Gasteiger partial charge in [-0.15, -0.1) is 0 Å². The lowest BCUT2D eigenvalue weighted by atomic mass is 9.48. The highest BCUT2D eigenvalue weighted by molar-refractivity contribution is 6.01. The van der Waals surface area contributed by atoms with Crippen LogP contribution in [0.4, 0.5) is 0 Å².